The van der Waals surface area contributed by atoms with Crippen LogP contribution in [0.1, 0.15) is 12.5 Å². The predicted molar refractivity (Wildman–Crippen MR) is 63.3 cm³/mol. The number of carbonyl (C=O) groups is 2. The van der Waals surface area contributed by atoms with E-state index in [4.69, 9.17) is 5.41 Å². The van der Waals surface area contributed by atoms with Crippen molar-refractivity contribution in [2.45, 2.75) is 12.5 Å². The molecule has 0 spiro atoms. The second-order valence-corrected chi connectivity index (χ2v) is 3.95. The van der Waals surface area contributed by atoms with Crippen molar-refractivity contribution in [1.82, 2.24) is 0 Å². The second-order valence-electron chi connectivity index (χ2n) is 3.95. The summed E-state index contributed by atoms with van der Waals surface area (Å²) in [5.74, 6) is -2.80. The third kappa shape index (κ3) is 1.88. The highest BCUT2D eigenvalue weighted by Gasteiger charge is 2.52. The fraction of sp³-hybridized carbons (Fsp3) is 0.250. The number of anilines is 1. The van der Waals surface area contributed by atoms with Crippen molar-refractivity contribution in [3.63, 3.8) is 0 Å². The lowest BCUT2D eigenvalue weighted by molar-refractivity contribution is -0.139. The van der Waals surface area contributed by atoms with Crippen LogP contribution in [0.5, 0.6) is 0 Å². The zero-order valence-corrected chi connectivity index (χ0v) is 9.99. The van der Waals surface area contributed by atoms with E-state index in [-0.39, 0.29) is 17.9 Å². The Morgan fingerprint density at radius 1 is 1.58 bits per heavy atom. The van der Waals surface area contributed by atoms with Crippen molar-refractivity contribution >= 4 is 23.3 Å². The van der Waals surface area contributed by atoms with Crippen molar-refractivity contribution in [2.24, 2.45) is 0 Å². The molecule has 1 atom stereocenters. The van der Waals surface area contributed by atoms with Gasteiger partial charge in [-0.3, -0.25) is 10.2 Å². The number of benzene rings is 1. The Labute approximate surface area is 107 Å². The van der Waals surface area contributed by atoms with Crippen LogP contribution < -0.4 is 5.32 Å². The molecule has 100 valence electrons. The highest BCUT2D eigenvalue weighted by atomic mass is 19.1. The van der Waals surface area contributed by atoms with E-state index in [1.807, 2.05) is 0 Å². The number of ether oxygens (including phenoxy) is 1. The van der Waals surface area contributed by atoms with Gasteiger partial charge in [-0.1, -0.05) is 0 Å². The minimum Gasteiger partial charge on any atom is -0.461 e. The molecule has 0 aromatic heterocycles. The molecule has 0 radical (unpaired) electrons. The van der Waals surface area contributed by atoms with Gasteiger partial charge < -0.3 is 15.2 Å². The van der Waals surface area contributed by atoms with Crippen LogP contribution >= 0.6 is 0 Å². The molecule has 1 aliphatic heterocycles. The SMILES string of the molecule is CCOC(=O)C(=N)C1(O)C(=O)Nc2ccc(F)cc21. The molecule has 0 fully saturated rings. The average molecular weight is 266 g/mol. The number of carbonyl (C=O) groups excluding carboxylic acids is 2. The Hall–Kier alpha value is -2.28. The van der Waals surface area contributed by atoms with E-state index in [0.29, 0.717) is 0 Å². The number of hydrogen-bond acceptors (Lipinski definition) is 5. The lowest BCUT2D eigenvalue weighted by Gasteiger charge is -2.20. The van der Waals surface area contributed by atoms with Crippen LogP contribution in [-0.2, 0) is 19.9 Å². The van der Waals surface area contributed by atoms with Gasteiger partial charge in [0.2, 0.25) is 5.60 Å². The average Bonchev–Trinajstić information content (AvgIpc) is 2.62. The smallest absolute Gasteiger partial charge is 0.355 e. The van der Waals surface area contributed by atoms with Gasteiger partial charge in [0.15, 0.2) is 5.71 Å². The Bertz CT molecular complexity index is 587. The molecular formula is C12H11FN2O4. The highest BCUT2D eigenvalue weighted by molar-refractivity contribution is 6.44. The Morgan fingerprint density at radius 2 is 2.26 bits per heavy atom. The van der Waals surface area contributed by atoms with Crippen molar-refractivity contribution in [2.75, 3.05) is 11.9 Å². The number of amides is 1. The first-order valence-corrected chi connectivity index (χ1v) is 5.51. The molecule has 19 heavy (non-hydrogen) atoms. The zero-order chi connectivity index (χ0) is 14.2. The van der Waals surface area contributed by atoms with Gasteiger partial charge in [-0.2, -0.15) is 0 Å². The highest BCUT2D eigenvalue weighted by Crippen LogP contribution is 2.37. The molecule has 1 unspecified atom stereocenters. The maximum Gasteiger partial charge on any atom is 0.355 e. The van der Waals surface area contributed by atoms with E-state index in [0.717, 1.165) is 12.1 Å². The van der Waals surface area contributed by atoms with Crippen LogP contribution in [0.4, 0.5) is 10.1 Å². The van der Waals surface area contributed by atoms with Gasteiger partial charge in [0.25, 0.3) is 5.91 Å². The first-order chi connectivity index (χ1) is 8.91. The van der Waals surface area contributed by atoms with Gasteiger partial charge in [-0.25, -0.2) is 9.18 Å². The number of halogens is 1. The summed E-state index contributed by atoms with van der Waals surface area (Å²) in [6.07, 6.45) is 0. The molecule has 1 amide bonds. The molecule has 1 aromatic rings. The van der Waals surface area contributed by atoms with E-state index in [2.05, 4.69) is 10.1 Å². The van der Waals surface area contributed by atoms with Gasteiger partial charge in [0.05, 0.1) is 6.61 Å². The molecule has 0 bridgehead atoms. The normalized spacial score (nSPS) is 20.7. The Balaban J connectivity index is 2.49. The maximum atomic E-state index is 13.2. The van der Waals surface area contributed by atoms with E-state index in [1.165, 1.54) is 13.0 Å². The first kappa shape index (κ1) is 13.2. The minimum absolute atomic E-state index is 0.00504. The van der Waals surface area contributed by atoms with E-state index < -0.39 is 29.0 Å². The number of esters is 1. The molecule has 1 aliphatic rings. The quantitative estimate of drug-likeness (QED) is 0.549. The van der Waals surface area contributed by atoms with Gasteiger partial charge in [-0.15, -0.1) is 0 Å². The van der Waals surface area contributed by atoms with Crippen molar-refractivity contribution in [3.8, 4) is 0 Å². The molecule has 6 nitrogen and oxygen atoms in total. The lowest BCUT2D eigenvalue weighted by atomic mass is 9.90. The summed E-state index contributed by atoms with van der Waals surface area (Å²) < 4.78 is 17.8. The summed E-state index contributed by atoms with van der Waals surface area (Å²) in [5.41, 5.74) is -3.49. The maximum absolute atomic E-state index is 13.2. The first-order valence-electron chi connectivity index (χ1n) is 5.51. The van der Waals surface area contributed by atoms with Crippen molar-refractivity contribution in [3.05, 3.63) is 29.6 Å². The third-order valence-corrected chi connectivity index (χ3v) is 2.79. The number of nitrogens with one attached hydrogen (secondary N) is 2. The van der Waals surface area contributed by atoms with Crippen LogP contribution in [-0.4, -0.2) is 29.3 Å². The van der Waals surface area contributed by atoms with Crippen LogP contribution in [0.2, 0.25) is 0 Å². The number of fused-ring (bicyclic) bond motifs is 1. The molecule has 2 rings (SSSR count). The monoisotopic (exact) mass is 266 g/mol. The van der Waals surface area contributed by atoms with E-state index in [1.54, 1.807) is 0 Å². The summed E-state index contributed by atoms with van der Waals surface area (Å²) in [6, 6.07) is 3.25. The molecule has 7 heteroatoms. The molecular weight excluding hydrogens is 255 g/mol. The van der Waals surface area contributed by atoms with Crippen molar-refractivity contribution < 1.29 is 23.8 Å². The molecule has 0 aliphatic carbocycles. The van der Waals surface area contributed by atoms with Gasteiger partial charge in [0.1, 0.15) is 5.82 Å². The largest absolute Gasteiger partial charge is 0.461 e. The van der Waals surface area contributed by atoms with Gasteiger partial charge in [0, 0.05) is 11.3 Å². The fourth-order valence-electron chi connectivity index (χ4n) is 1.86. The lowest BCUT2D eigenvalue weighted by Crippen LogP contribution is -2.46. The van der Waals surface area contributed by atoms with Crippen LogP contribution in [0.3, 0.4) is 0 Å². The van der Waals surface area contributed by atoms with E-state index in [9.17, 15) is 19.1 Å². The predicted octanol–water partition coefficient (Wildman–Crippen LogP) is 0.548. The topological polar surface area (TPSA) is 99.5 Å². The minimum atomic E-state index is -2.52. The molecule has 1 aromatic carbocycles. The van der Waals surface area contributed by atoms with Crippen LogP contribution in [0.25, 0.3) is 0 Å². The standard InChI is InChI=1S/C12H11FN2O4/c1-2-19-10(16)9(14)12(18)7-5-6(13)3-4-8(7)15-11(12)17/h3-5,14,18H,2H2,1H3,(H,15,17). The third-order valence-electron chi connectivity index (χ3n) is 2.79. The molecule has 3 N–H and O–H groups in total. The Morgan fingerprint density at radius 3 is 2.89 bits per heavy atom. The van der Waals surface area contributed by atoms with Gasteiger partial charge in [-0.05, 0) is 25.1 Å². The summed E-state index contributed by atoms with van der Waals surface area (Å²) in [7, 11) is 0. The zero-order valence-electron chi connectivity index (χ0n) is 9.99. The molecule has 1 heterocycles. The number of hydrogen-bond donors (Lipinski definition) is 3. The van der Waals surface area contributed by atoms with Gasteiger partial charge >= 0.3 is 5.97 Å². The fourth-order valence-corrected chi connectivity index (χ4v) is 1.86. The Kier molecular flexibility index (Phi) is 3.07. The van der Waals surface area contributed by atoms with E-state index >= 15 is 0 Å². The summed E-state index contributed by atoms with van der Waals surface area (Å²) in [6.45, 7) is 1.52. The van der Waals surface area contributed by atoms with Crippen molar-refractivity contribution in [1.29, 1.82) is 5.41 Å². The van der Waals surface area contributed by atoms with Crippen LogP contribution in [0, 0.1) is 11.2 Å². The molecule has 0 saturated carbocycles. The van der Waals surface area contributed by atoms with Crippen LogP contribution in [0.15, 0.2) is 18.2 Å². The summed E-state index contributed by atoms with van der Waals surface area (Å²) in [4.78, 5) is 23.3. The summed E-state index contributed by atoms with van der Waals surface area (Å²) in [5, 5.41) is 20.2. The summed E-state index contributed by atoms with van der Waals surface area (Å²) >= 11 is 0. The number of aliphatic hydroxyl groups is 1. The second kappa shape index (κ2) is 4.43. The molecule has 0 saturated heterocycles. The number of rotatable bonds is 3.